The van der Waals surface area contributed by atoms with Crippen LogP contribution in [0.2, 0.25) is 0 Å². The molecule has 80 heavy (non-hydrogen) atoms. The molecule has 0 amide bonds. The van der Waals surface area contributed by atoms with Gasteiger partial charge in [0, 0.05) is 19.3 Å². The fourth-order valence-corrected chi connectivity index (χ4v) is 10.4. The Hall–Kier alpha value is -2.89. The summed E-state index contributed by atoms with van der Waals surface area (Å²) in [6.45, 7) is 6.66. The Kier molecular flexibility index (Phi) is 66.1. The minimum Gasteiger partial charge on any atom is -0.462 e. The van der Waals surface area contributed by atoms with Crippen LogP contribution in [0.15, 0.2) is 60.8 Å². The first-order chi connectivity index (χ1) is 39.5. The van der Waals surface area contributed by atoms with E-state index >= 15 is 0 Å². The molecular formula is C74H134O6. The van der Waals surface area contributed by atoms with Crippen molar-refractivity contribution >= 4 is 17.9 Å². The van der Waals surface area contributed by atoms with Crippen LogP contribution in [0.1, 0.15) is 374 Å². The number of ether oxygens (including phenoxy) is 3. The lowest BCUT2D eigenvalue weighted by Crippen LogP contribution is -2.30. The smallest absolute Gasteiger partial charge is 0.306 e. The van der Waals surface area contributed by atoms with Gasteiger partial charge in [-0.2, -0.15) is 0 Å². The fraction of sp³-hybridized carbons (Fsp3) is 0.824. The zero-order valence-corrected chi connectivity index (χ0v) is 53.6. The summed E-state index contributed by atoms with van der Waals surface area (Å²) in [5.74, 6) is -0.861. The molecule has 0 aliphatic rings. The molecule has 0 aromatic rings. The standard InChI is InChI=1S/C74H134O6/c1-4-7-10-13-16-19-22-25-28-31-34-36-37-38-41-43-46-49-52-55-58-61-64-67-73(76)79-70-71(69-78-72(75)66-63-60-57-54-51-48-45-42-39-33-30-27-24-21-18-15-12-9-6-3)80-74(77)68-65-62-59-56-53-50-47-44-40-35-32-29-26-23-20-17-14-11-8-5-2/h18,21-22,25,27,30-31,34,37-38,71H,4-17,19-20,23-24,26,28-29,32-33,35-36,39-70H2,1-3H3/b21-18-,25-22-,30-27-,34-31-,38-37-. The second kappa shape index (κ2) is 68.6. The van der Waals surface area contributed by atoms with E-state index in [-0.39, 0.29) is 31.1 Å². The van der Waals surface area contributed by atoms with E-state index in [0.717, 1.165) is 83.5 Å². The SMILES string of the molecule is CCCCC/C=C\C/C=C\CCCCCCCCCCCC(=O)OCC(COC(=O)CCCCCCCCCC/C=C\C/C=C\C/C=C\CCCCCCC)OC(=O)CCCCCCCCCCCCCCCCCCCCCC. The van der Waals surface area contributed by atoms with Crippen LogP contribution in [0.4, 0.5) is 0 Å². The molecule has 0 saturated heterocycles. The molecule has 0 saturated carbocycles. The zero-order chi connectivity index (χ0) is 57.8. The normalized spacial score (nSPS) is 12.4. The molecule has 0 aliphatic heterocycles. The van der Waals surface area contributed by atoms with Crippen LogP contribution in [0, 0.1) is 0 Å². The van der Waals surface area contributed by atoms with Crippen molar-refractivity contribution in [2.45, 2.75) is 380 Å². The van der Waals surface area contributed by atoms with Gasteiger partial charge in [0.25, 0.3) is 0 Å². The highest BCUT2D eigenvalue weighted by atomic mass is 16.6. The molecular weight excluding hydrogens is 985 g/mol. The van der Waals surface area contributed by atoms with E-state index in [1.165, 1.54) is 250 Å². The minimum atomic E-state index is -0.779. The molecule has 6 nitrogen and oxygen atoms in total. The highest BCUT2D eigenvalue weighted by molar-refractivity contribution is 5.71. The number of carbonyl (C=O) groups excluding carboxylic acids is 3. The van der Waals surface area contributed by atoms with Crippen molar-refractivity contribution in [3.63, 3.8) is 0 Å². The molecule has 0 aliphatic carbocycles. The third-order valence-electron chi connectivity index (χ3n) is 15.7. The van der Waals surface area contributed by atoms with E-state index < -0.39 is 6.10 Å². The van der Waals surface area contributed by atoms with Gasteiger partial charge in [0.05, 0.1) is 0 Å². The molecule has 0 spiro atoms. The van der Waals surface area contributed by atoms with Gasteiger partial charge >= 0.3 is 17.9 Å². The van der Waals surface area contributed by atoms with Gasteiger partial charge < -0.3 is 14.2 Å². The first-order valence-corrected chi connectivity index (χ1v) is 35.3. The van der Waals surface area contributed by atoms with Crippen molar-refractivity contribution in [2.24, 2.45) is 0 Å². The van der Waals surface area contributed by atoms with Crippen molar-refractivity contribution < 1.29 is 28.6 Å². The average molecular weight is 1120 g/mol. The molecule has 0 radical (unpaired) electrons. The van der Waals surface area contributed by atoms with E-state index in [4.69, 9.17) is 14.2 Å². The van der Waals surface area contributed by atoms with Gasteiger partial charge in [0.2, 0.25) is 0 Å². The molecule has 0 rings (SSSR count). The Morgan fingerprint density at radius 1 is 0.250 bits per heavy atom. The van der Waals surface area contributed by atoms with Crippen molar-refractivity contribution in [2.75, 3.05) is 13.2 Å². The Morgan fingerprint density at radius 3 is 0.725 bits per heavy atom. The summed E-state index contributed by atoms with van der Waals surface area (Å²) in [4.78, 5) is 38.5. The van der Waals surface area contributed by atoms with Crippen molar-refractivity contribution in [1.82, 2.24) is 0 Å². The van der Waals surface area contributed by atoms with Gasteiger partial charge in [-0.1, -0.05) is 326 Å². The molecule has 0 N–H and O–H groups in total. The maximum atomic E-state index is 13.0. The number of unbranched alkanes of at least 4 members (excludes halogenated alkanes) is 44. The molecule has 466 valence electrons. The maximum absolute atomic E-state index is 13.0. The predicted octanol–water partition coefficient (Wildman–Crippen LogP) is 24.3. The Labute approximate surface area is 498 Å². The van der Waals surface area contributed by atoms with Crippen LogP contribution in [0.25, 0.3) is 0 Å². The van der Waals surface area contributed by atoms with E-state index in [0.29, 0.717) is 19.3 Å². The lowest BCUT2D eigenvalue weighted by molar-refractivity contribution is -0.167. The van der Waals surface area contributed by atoms with Crippen LogP contribution < -0.4 is 0 Å². The van der Waals surface area contributed by atoms with Crippen LogP contribution in [-0.4, -0.2) is 37.2 Å². The first kappa shape index (κ1) is 77.1. The predicted molar refractivity (Wildman–Crippen MR) is 348 cm³/mol. The van der Waals surface area contributed by atoms with Gasteiger partial charge in [-0.25, -0.2) is 0 Å². The molecule has 1 atom stereocenters. The maximum Gasteiger partial charge on any atom is 0.306 e. The second-order valence-electron chi connectivity index (χ2n) is 23.8. The molecule has 0 aromatic carbocycles. The lowest BCUT2D eigenvalue weighted by Gasteiger charge is -2.18. The second-order valence-corrected chi connectivity index (χ2v) is 23.8. The largest absolute Gasteiger partial charge is 0.462 e. The molecule has 0 heterocycles. The Morgan fingerprint density at radius 2 is 0.450 bits per heavy atom. The molecule has 1 unspecified atom stereocenters. The highest BCUT2D eigenvalue weighted by Gasteiger charge is 2.19. The average Bonchev–Trinajstić information content (AvgIpc) is 3.46. The molecule has 0 aromatic heterocycles. The molecule has 0 fully saturated rings. The minimum absolute atomic E-state index is 0.0752. The van der Waals surface area contributed by atoms with Gasteiger partial charge in [-0.05, 0) is 89.9 Å². The first-order valence-electron chi connectivity index (χ1n) is 35.3. The van der Waals surface area contributed by atoms with Crippen molar-refractivity contribution in [3.8, 4) is 0 Å². The summed E-state index contributed by atoms with van der Waals surface area (Å²) in [5.41, 5.74) is 0. The number of carbonyl (C=O) groups is 3. The summed E-state index contributed by atoms with van der Waals surface area (Å²) < 4.78 is 17.0. The monoisotopic (exact) mass is 1120 g/mol. The third-order valence-corrected chi connectivity index (χ3v) is 15.7. The fourth-order valence-electron chi connectivity index (χ4n) is 10.4. The summed E-state index contributed by atoms with van der Waals surface area (Å²) in [5, 5.41) is 0. The topological polar surface area (TPSA) is 78.9 Å². The van der Waals surface area contributed by atoms with Crippen LogP contribution in [-0.2, 0) is 28.6 Å². The van der Waals surface area contributed by atoms with Gasteiger partial charge in [-0.15, -0.1) is 0 Å². The van der Waals surface area contributed by atoms with Gasteiger partial charge in [0.15, 0.2) is 6.10 Å². The van der Waals surface area contributed by atoms with Gasteiger partial charge in [-0.3, -0.25) is 14.4 Å². The number of rotatable bonds is 65. The number of hydrogen-bond acceptors (Lipinski definition) is 6. The van der Waals surface area contributed by atoms with E-state index in [1.807, 2.05) is 0 Å². The van der Waals surface area contributed by atoms with Crippen molar-refractivity contribution in [1.29, 1.82) is 0 Å². The quantitative estimate of drug-likeness (QED) is 0.0261. The summed E-state index contributed by atoms with van der Waals surface area (Å²) in [6.07, 6.45) is 88.0. The van der Waals surface area contributed by atoms with E-state index in [1.54, 1.807) is 0 Å². The van der Waals surface area contributed by atoms with Crippen LogP contribution in [0.5, 0.6) is 0 Å². The zero-order valence-electron chi connectivity index (χ0n) is 53.6. The lowest BCUT2D eigenvalue weighted by atomic mass is 10.0. The third kappa shape index (κ3) is 65.9. The summed E-state index contributed by atoms with van der Waals surface area (Å²) in [7, 11) is 0. The highest BCUT2D eigenvalue weighted by Crippen LogP contribution is 2.18. The van der Waals surface area contributed by atoms with Gasteiger partial charge in [0.1, 0.15) is 13.2 Å². The van der Waals surface area contributed by atoms with E-state index in [2.05, 4.69) is 81.5 Å². The van der Waals surface area contributed by atoms with E-state index in [9.17, 15) is 14.4 Å². The Balaban J connectivity index is 4.36. The number of hydrogen-bond donors (Lipinski definition) is 0. The molecule has 6 heteroatoms. The summed E-state index contributed by atoms with van der Waals surface area (Å²) in [6, 6.07) is 0. The van der Waals surface area contributed by atoms with Crippen LogP contribution >= 0.6 is 0 Å². The number of esters is 3. The van der Waals surface area contributed by atoms with Crippen molar-refractivity contribution in [3.05, 3.63) is 60.8 Å². The molecule has 0 bridgehead atoms. The van der Waals surface area contributed by atoms with Crippen LogP contribution in [0.3, 0.4) is 0 Å². The number of allylic oxidation sites excluding steroid dienone is 10. The summed E-state index contributed by atoms with van der Waals surface area (Å²) >= 11 is 0. The Bertz CT molecular complexity index is 1430.